The number of nitrogens with zero attached hydrogens (tertiary/aromatic N) is 3. The summed E-state index contributed by atoms with van der Waals surface area (Å²) in [6.07, 6.45) is 2.05. The summed E-state index contributed by atoms with van der Waals surface area (Å²) >= 11 is 0. The second-order valence-electron chi connectivity index (χ2n) is 6.05. The van der Waals surface area contributed by atoms with Gasteiger partial charge in [0.05, 0.1) is 14.2 Å². The maximum Gasteiger partial charge on any atom is 0.168 e. The number of aryl methyl sites for hydroxylation is 1. The Kier molecular flexibility index (Phi) is 4.05. The molecule has 4 rings (SSSR count). The number of benzene rings is 2. The topological polar surface area (TPSA) is 48.7 Å². The molecule has 0 radical (unpaired) electrons. The highest BCUT2D eigenvalue weighted by molar-refractivity contribution is 5.70. The van der Waals surface area contributed by atoms with E-state index in [9.17, 15) is 0 Å². The summed E-state index contributed by atoms with van der Waals surface area (Å²) in [5.41, 5.74) is 5.14. The lowest BCUT2D eigenvalue weighted by molar-refractivity contribution is 0.355. The first-order valence-corrected chi connectivity index (χ1v) is 8.34. The van der Waals surface area contributed by atoms with Gasteiger partial charge in [0.2, 0.25) is 0 Å². The van der Waals surface area contributed by atoms with Crippen molar-refractivity contribution in [2.24, 2.45) is 0 Å². The first-order valence-electron chi connectivity index (χ1n) is 8.34. The summed E-state index contributed by atoms with van der Waals surface area (Å²) in [7, 11) is 3.27. The molecule has 0 fully saturated rings. The summed E-state index contributed by atoms with van der Waals surface area (Å²) in [5.74, 6) is 2.25. The Morgan fingerprint density at radius 3 is 2.35 bits per heavy atom. The molecule has 0 saturated carbocycles. The van der Waals surface area contributed by atoms with Crippen LogP contribution in [0, 0.1) is 6.92 Å². The average molecular weight is 345 g/mol. The molecule has 2 heterocycles. The third-order valence-corrected chi connectivity index (χ3v) is 4.51. The molecule has 0 spiro atoms. The molecular weight excluding hydrogens is 326 g/mol. The van der Waals surface area contributed by atoms with Gasteiger partial charge in [0.25, 0.3) is 0 Å². The third-order valence-electron chi connectivity index (χ3n) is 4.51. The zero-order valence-electron chi connectivity index (χ0n) is 14.9. The smallest absolute Gasteiger partial charge is 0.168 e. The first kappa shape index (κ1) is 16.1. The SMILES string of the molecule is COc1ccc(-c2ccc3nnc(-c4ccccc4C)n3c2)cc1OC. The van der Waals surface area contributed by atoms with Crippen molar-refractivity contribution in [3.63, 3.8) is 0 Å². The number of methoxy groups -OCH3 is 2. The molecule has 5 heteroatoms. The van der Waals surface area contributed by atoms with Crippen LogP contribution in [0.3, 0.4) is 0 Å². The van der Waals surface area contributed by atoms with Crippen molar-refractivity contribution >= 4 is 5.65 Å². The van der Waals surface area contributed by atoms with E-state index in [4.69, 9.17) is 9.47 Å². The molecular formula is C21H19N3O2. The van der Waals surface area contributed by atoms with Crippen molar-refractivity contribution in [2.75, 3.05) is 14.2 Å². The number of aromatic nitrogens is 3. The van der Waals surface area contributed by atoms with E-state index in [2.05, 4.69) is 35.5 Å². The van der Waals surface area contributed by atoms with Gasteiger partial charge in [-0.2, -0.15) is 0 Å². The number of fused-ring (bicyclic) bond motifs is 1. The molecule has 0 bridgehead atoms. The number of ether oxygens (including phenoxy) is 2. The molecule has 0 aliphatic heterocycles. The lowest BCUT2D eigenvalue weighted by Gasteiger charge is -2.10. The van der Waals surface area contributed by atoms with Crippen LogP contribution >= 0.6 is 0 Å². The summed E-state index contributed by atoms with van der Waals surface area (Å²) in [4.78, 5) is 0. The summed E-state index contributed by atoms with van der Waals surface area (Å²) in [5, 5.41) is 8.69. The van der Waals surface area contributed by atoms with Gasteiger partial charge >= 0.3 is 0 Å². The van der Waals surface area contributed by atoms with E-state index in [1.54, 1.807) is 14.2 Å². The number of hydrogen-bond acceptors (Lipinski definition) is 4. The minimum atomic E-state index is 0.702. The van der Waals surface area contributed by atoms with Crippen molar-refractivity contribution in [1.82, 2.24) is 14.6 Å². The van der Waals surface area contributed by atoms with Gasteiger partial charge in [-0.25, -0.2) is 0 Å². The molecule has 0 atom stereocenters. The van der Waals surface area contributed by atoms with E-state index in [0.717, 1.165) is 28.2 Å². The fraction of sp³-hybridized carbons (Fsp3) is 0.143. The average Bonchev–Trinajstić information content (AvgIpc) is 3.10. The Labute approximate surface area is 151 Å². The second kappa shape index (κ2) is 6.52. The molecule has 0 unspecified atom stereocenters. The van der Waals surface area contributed by atoms with Crippen LogP contribution < -0.4 is 9.47 Å². The summed E-state index contributed by atoms with van der Waals surface area (Å²) in [6, 6.07) is 18.1. The fourth-order valence-corrected chi connectivity index (χ4v) is 3.08. The largest absolute Gasteiger partial charge is 0.493 e. The molecule has 0 aliphatic rings. The lowest BCUT2D eigenvalue weighted by Crippen LogP contribution is -1.94. The van der Waals surface area contributed by atoms with Gasteiger partial charge in [-0.05, 0) is 47.9 Å². The van der Waals surface area contributed by atoms with Crippen LogP contribution in [0.5, 0.6) is 11.5 Å². The molecule has 5 nitrogen and oxygen atoms in total. The Morgan fingerprint density at radius 2 is 1.58 bits per heavy atom. The molecule has 0 aliphatic carbocycles. The van der Waals surface area contributed by atoms with Crippen LogP contribution in [-0.2, 0) is 0 Å². The van der Waals surface area contributed by atoms with Crippen LogP contribution in [-0.4, -0.2) is 28.8 Å². The van der Waals surface area contributed by atoms with E-state index < -0.39 is 0 Å². The molecule has 2 aromatic heterocycles. The highest BCUT2D eigenvalue weighted by Crippen LogP contribution is 2.33. The van der Waals surface area contributed by atoms with Gasteiger partial charge in [-0.3, -0.25) is 4.40 Å². The monoisotopic (exact) mass is 345 g/mol. The maximum atomic E-state index is 5.42. The van der Waals surface area contributed by atoms with E-state index in [1.165, 1.54) is 5.56 Å². The van der Waals surface area contributed by atoms with Crippen molar-refractivity contribution < 1.29 is 9.47 Å². The van der Waals surface area contributed by atoms with Gasteiger partial charge in [-0.15, -0.1) is 10.2 Å². The molecule has 0 amide bonds. The molecule has 130 valence electrons. The fourth-order valence-electron chi connectivity index (χ4n) is 3.08. The predicted octanol–water partition coefficient (Wildman–Crippen LogP) is 4.39. The van der Waals surface area contributed by atoms with E-state index >= 15 is 0 Å². The Balaban J connectivity index is 1.86. The zero-order valence-corrected chi connectivity index (χ0v) is 14.9. The molecule has 0 saturated heterocycles. The van der Waals surface area contributed by atoms with Crippen molar-refractivity contribution in [1.29, 1.82) is 0 Å². The summed E-state index contributed by atoms with van der Waals surface area (Å²) < 4.78 is 12.8. The minimum Gasteiger partial charge on any atom is -0.493 e. The normalized spacial score (nSPS) is 10.9. The van der Waals surface area contributed by atoms with Gasteiger partial charge in [0.1, 0.15) is 0 Å². The van der Waals surface area contributed by atoms with E-state index in [-0.39, 0.29) is 0 Å². The Morgan fingerprint density at radius 1 is 0.808 bits per heavy atom. The zero-order chi connectivity index (χ0) is 18.1. The minimum absolute atomic E-state index is 0.702. The number of rotatable bonds is 4. The van der Waals surface area contributed by atoms with E-state index in [1.807, 2.05) is 46.9 Å². The number of pyridine rings is 1. The third kappa shape index (κ3) is 2.67. The van der Waals surface area contributed by atoms with Crippen LogP contribution in [0.15, 0.2) is 60.8 Å². The first-order chi connectivity index (χ1) is 12.7. The molecule has 26 heavy (non-hydrogen) atoms. The van der Waals surface area contributed by atoms with Gasteiger partial charge in [0.15, 0.2) is 23.0 Å². The van der Waals surface area contributed by atoms with Crippen LogP contribution in [0.1, 0.15) is 5.56 Å². The molecule has 2 aromatic carbocycles. The van der Waals surface area contributed by atoms with E-state index in [0.29, 0.717) is 11.5 Å². The van der Waals surface area contributed by atoms with Crippen molar-refractivity contribution in [2.45, 2.75) is 6.92 Å². The van der Waals surface area contributed by atoms with Crippen LogP contribution in [0.4, 0.5) is 0 Å². The van der Waals surface area contributed by atoms with Crippen LogP contribution in [0.2, 0.25) is 0 Å². The number of hydrogen-bond donors (Lipinski definition) is 0. The Bertz CT molecular complexity index is 1090. The maximum absolute atomic E-state index is 5.42. The van der Waals surface area contributed by atoms with Crippen molar-refractivity contribution in [3.05, 3.63) is 66.4 Å². The van der Waals surface area contributed by atoms with Gasteiger partial charge < -0.3 is 9.47 Å². The quantitative estimate of drug-likeness (QED) is 0.550. The van der Waals surface area contributed by atoms with Gasteiger partial charge in [-0.1, -0.05) is 30.3 Å². The second-order valence-corrected chi connectivity index (χ2v) is 6.05. The highest BCUT2D eigenvalue weighted by atomic mass is 16.5. The Hall–Kier alpha value is -3.34. The lowest BCUT2D eigenvalue weighted by atomic mass is 10.1. The summed E-state index contributed by atoms with van der Waals surface area (Å²) in [6.45, 7) is 2.08. The highest BCUT2D eigenvalue weighted by Gasteiger charge is 2.12. The van der Waals surface area contributed by atoms with Gasteiger partial charge in [0, 0.05) is 11.8 Å². The predicted molar refractivity (Wildman–Crippen MR) is 102 cm³/mol. The molecule has 0 N–H and O–H groups in total. The molecule has 4 aromatic rings. The van der Waals surface area contributed by atoms with Crippen molar-refractivity contribution in [3.8, 4) is 34.0 Å². The standard InChI is InChI=1S/C21H19N3O2/c1-14-6-4-5-7-17(14)21-23-22-20-11-9-16(13-24(20)21)15-8-10-18(25-2)19(12-15)26-3/h4-13H,1-3H3. The van der Waals surface area contributed by atoms with Crippen LogP contribution in [0.25, 0.3) is 28.2 Å².